The van der Waals surface area contributed by atoms with Gasteiger partial charge in [-0.15, -0.1) is 0 Å². The summed E-state index contributed by atoms with van der Waals surface area (Å²) in [5.41, 5.74) is 0.305. The summed E-state index contributed by atoms with van der Waals surface area (Å²) in [6.45, 7) is 10.4. The zero-order valence-corrected chi connectivity index (χ0v) is 14.2. The van der Waals surface area contributed by atoms with Crippen molar-refractivity contribution in [2.24, 2.45) is 0 Å². The van der Waals surface area contributed by atoms with Gasteiger partial charge in [0.15, 0.2) is 8.32 Å². The van der Waals surface area contributed by atoms with E-state index in [2.05, 4.69) is 31.5 Å². The number of benzene rings is 1. The monoisotopic (exact) mass is 296 g/mol. The van der Waals surface area contributed by atoms with Crippen molar-refractivity contribution < 1.29 is 9.16 Å². The van der Waals surface area contributed by atoms with Gasteiger partial charge in [0.05, 0.1) is 12.7 Å². The van der Waals surface area contributed by atoms with Gasteiger partial charge in [-0.2, -0.15) is 0 Å². The minimum absolute atomic E-state index is 0.474. The average molecular weight is 297 g/mol. The van der Waals surface area contributed by atoms with Gasteiger partial charge in [-0.25, -0.2) is 0 Å². The standard InChI is InChI=1S/C15H21ClO2Si/c1-15(2,18-19(4,5)6)10-9-12-11-13(16)7-8-14(12)17-3/h7-8,11H,1-6H3. The molecule has 0 saturated heterocycles. The fourth-order valence-electron chi connectivity index (χ4n) is 1.79. The Balaban J connectivity index is 3.03. The molecule has 104 valence electrons. The highest BCUT2D eigenvalue weighted by Crippen LogP contribution is 2.22. The third kappa shape index (κ3) is 5.69. The smallest absolute Gasteiger partial charge is 0.185 e. The molecule has 0 aliphatic rings. The Labute approximate surface area is 122 Å². The van der Waals surface area contributed by atoms with Gasteiger partial charge in [0.25, 0.3) is 0 Å². The lowest BCUT2D eigenvalue weighted by molar-refractivity contribution is 0.164. The van der Waals surface area contributed by atoms with Crippen LogP contribution in [0.2, 0.25) is 24.7 Å². The Morgan fingerprint density at radius 3 is 2.37 bits per heavy atom. The molecule has 0 aliphatic carbocycles. The summed E-state index contributed by atoms with van der Waals surface area (Å²) >= 11 is 5.98. The van der Waals surface area contributed by atoms with Crippen LogP contribution in [0, 0.1) is 11.8 Å². The van der Waals surface area contributed by atoms with E-state index >= 15 is 0 Å². The second-order valence-electron chi connectivity index (χ2n) is 5.82. The van der Waals surface area contributed by atoms with Gasteiger partial charge in [0.1, 0.15) is 11.4 Å². The van der Waals surface area contributed by atoms with Crippen LogP contribution < -0.4 is 4.74 Å². The molecule has 0 saturated carbocycles. The van der Waals surface area contributed by atoms with Crippen LogP contribution in [0.1, 0.15) is 19.4 Å². The minimum Gasteiger partial charge on any atom is -0.495 e. The van der Waals surface area contributed by atoms with E-state index in [0.717, 1.165) is 11.3 Å². The van der Waals surface area contributed by atoms with Crippen LogP contribution in [-0.4, -0.2) is 21.0 Å². The van der Waals surface area contributed by atoms with Crippen molar-refractivity contribution in [1.29, 1.82) is 0 Å². The van der Waals surface area contributed by atoms with Crippen LogP contribution >= 0.6 is 11.6 Å². The molecule has 0 atom stereocenters. The number of halogens is 1. The summed E-state index contributed by atoms with van der Waals surface area (Å²) < 4.78 is 11.3. The van der Waals surface area contributed by atoms with Crippen molar-refractivity contribution in [3.63, 3.8) is 0 Å². The number of rotatable bonds is 3. The van der Waals surface area contributed by atoms with Gasteiger partial charge in [0.2, 0.25) is 0 Å². The summed E-state index contributed by atoms with van der Waals surface area (Å²) in [5.74, 6) is 6.99. The first-order chi connectivity index (χ1) is 8.63. The van der Waals surface area contributed by atoms with Crippen LogP contribution in [0.3, 0.4) is 0 Å². The third-order valence-corrected chi connectivity index (χ3v) is 3.58. The molecule has 0 unspecified atom stereocenters. The quantitative estimate of drug-likeness (QED) is 0.610. The molecule has 0 aromatic heterocycles. The number of hydrogen-bond donors (Lipinski definition) is 0. The fraction of sp³-hybridized carbons (Fsp3) is 0.467. The SMILES string of the molecule is COc1ccc(Cl)cc1C#CC(C)(C)O[Si](C)(C)C. The summed E-state index contributed by atoms with van der Waals surface area (Å²) in [5, 5.41) is 0.647. The van der Waals surface area contributed by atoms with Gasteiger partial charge in [0, 0.05) is 5.02 Å². The normalized spacial score (nSPS) is 11.7. The zero-order chi connectivity index (χ0) is 14.7. The summed E-state index contributed by atoms with van der Waals surface area (Å²) in [6.07, 6.45) is 0. The highest BCUT2D eigenvalue weighted by Gasteiger charge is 2.25. The molecule has 4 heteroatoms. The fourth-order valence-corrected chi connectivity index (χ4v) is 3.54. The Hall–Kier alpha value is -0.953. The predicted octanol–water partition coefficient (Wildman–Crippen LogP) is 4.33. The number of methoxy groups -OCH3 is 1. The highest BCUT2D eigenvalue weighted by atomic mass is 35.5. The Morgan fingerprint density at radius 1 is 1.21 bits per heavy atom. The molecule has 0 heterocycles. The van der Waals surface area contributed by atoms with Gasteiger partial charge in [-0.1, -0.05) is 23.4 Å². The van der Waals surface area contributed by atoms with Crippen LogP contribution in [0.5, 0.6) is 5.75 Å². The minimum atomic E-state index is -1.62. The summed E-state index contributed by atoms with van der Waals surface area (Å²) in [7, 11) is -0.000295. The molecule has 1 rings (SSSR count). The molecule has 0 N–H and O–H groups in total. The third-order valence-electron chi connectivity index (χ3n) is 2.22. The van der Waals surface area contributed by atoms with E-state index < -0.39 is 13.9 Å². The van der Waals surface area contributed by atoms with Crippen LogP contribution in [0.25, 0.3) is 0 Å². The van der Waals surface area contributed by atoms with Gasteiger partial charge in [-0.3, -0.25) is 0 Å². The Kier molecular flexibility index (Phi) is 5.09. The van der Waals surface area contributed by atoms with Crippen molar-refractivity contribution in [2.75, 3.05) is 7.11 Å². The first-order valence-corrected chi connectivity index (χ1v) is 9.98. The van der Waals surface area contributed by atoms with Gasteiger partial charge in [-0.05, 0) is 51.7 Å². The second kappa shape index (κ2) is 6.00. The van der Waals surface area contributed by atoms with Crippen molar-refractivity contribution in [3.8, 4) is 17.6 Å². The maximum atomic E-state index is 6.04. The molecule has 1 aromatic rings. The molecule has 1 aromatic carbocycles. The van der Waals surface area contributed by atoms with Crippen LogP contribution in [-0.2, 0) is 4.43 Å². The molecule has 0 bridgehead atoms. The molecule has 2 nitrogen and oxygen atoms in total. The van der Waals surface area contributed by atoms with Crippen LogP contribution in [0.4, 0.5) is 0 Å². The van der Waals surface area contributed by atoms with E-state index in [1.807, 2.05) is 19.9 Å². The van der Waals surface area contributed by atoms with Crippen molar-refractivity contribution in [3.05, 3.63) is 28.8 Å². The van der Waals surface area contributed by atoms with E-state index in [1.165, 1.54) is 0 Å². The maximum absolute atomic E-state index is 6.04. The van der Waals surface area contributed by atoms with Gasteiger partial charge < -0.3 is 9.16 Å². The first-order valence-electron chi connectivity index (χ1n) is 6.20. The summed E-state index contributed by atoms with van der Waals surface area (Å²) in [4.78, 5) is 0. The predicted molar refractivity (Wildman–Crippen MR) is 83.4 cm³/mol. The average Bonchev–Trinajstić information content (AvgIpc) is 2.23. The lowest BCUT2D eigenvalue weighted by atomic mass is 10.1. The lowest BCUT2D eigenvalue weighted by Crippen LogP contribution is -2.37. The molecule has 0 aliphatic heterocycles. The zero-order valence-electron chi connectivity index (χ0n) is 12.4. The van der Waals surface area contributed by atoms with E-state index in [1.54, 1.807) is 19.2 Å². The number of ether oxygens (including phenoxy) is 1. The van der Waals surface area contributed by atoms with E-state index in [-0.39, 0.29) is 0 Å². The Bertz CT molecular complexity index is 507. The first kappa shape index (κ1) is 16.1. The van der Waals surface area contributed by atoms with E-state index in [4.69, 9.17) is 20.8 Å². The molecule has 0 amide bonds. The van der Waals surface area contributed by atoms with E-state index in [9.17, 15) is 0 Å². The molecule has 0 fully saturated rings. The molecular weight excluding hydrogens is 276 g/mol. The van der Waals surface area contributed by atoms with Gasteiger partial charge >= 0.3 is 0 Å². The molecular formula is C15H21ClO2Si. The number of hydrogen-bond acceptors (Lipinski definition) is 2. The van der Waals surface area contributed by atoms with Crippen molar-refractivity contribution in [1.82, 2.24) is 0 Å². The highest BCUT2D eigenvalue weighted by molar-refractivity contribution is 6.69. The lowest BCUT2D eigenvalue weighted by Gasteiger charge is -2.28. The molecule has 0 spiro atoms. The summed E-state index contributed by atoms with van der Waals surface area (Å²) in [6, 6.07) is 5.41. The van der Waals surface area contributed by atoms with Crippen molar-refractivity contribution >= 4 is 19.9 Å². The second-order valence-corrected chi connectivity index (χ2v) is 10.7. The van der Waals surface area contributed by atoms with E-state index in [0.29, 0.717) is 5.02 Å². The molecule has 0 radical (unpaired) electrons. The molecule has 19 heavy (non-hydrogen) atoms. The topological polar surface area (TPSA) is 18.5 Å². The largest absolute Gasteiger partial charge is 0.495 e. The van der Waals surface area contributed by atoms with Crippen molar-refractivity contribution in [2.45, 2.75) is 39.1 Å². The Morgan fingerprint density at radius 2 is 1.84 bits per heavy atom. The van der Waals surface area contributed by atoms with Crippen LogP contribution in [0.15, 0.2) is 18.2 Å². The maximum Gasteiger partial charge on any atom is 0.185 e.